The molecule has 1 aromatic heterocycles. The molecule has 0 spiro atoms. The van der Waals surface area contributed by atoms with Gasteiger partial charge in [-0.1, -0.05) is 0 Å². The minimum atomic E-state index is 0.591. The Kier molecular flexibility index (Phi) is 5.83. The molecule has 5 nitrogen and oxygen atoms in total. The van der Waals surface area contributed by atoms with Crippen molar-refractivity contribution in [3.8, 4) is 0 Å². The highest BCUT2D eigenvalue weighted by molar-refractivity contribution is 9.10. The summed E-state index contributed by atoms with van der Waals surface area (Å²) in [5, 5.41) is 3.15. The van der Waals surface area contributed by atoms with Gasteiger partial charge in [0.1, 0.15) is 0 Å². The Bertz CT molecular complexity index is 342. The first kappa shape index (κ1) is 13.7. The largest absolute Gasteiger partial charge is 0.381 e. The van der Waals surface area contributed by atoms with E-state index in [2.05, 4.69) is 31.2 Å². The molecule has 1 atom stereocenters. The van der Waals surface area contributed by atoms with Crippen molar-refractivity contribution in [3.05, 3.63) is 16.9 Å². The molecule has 1 aliphatic heterocycles. The topological polar surface area (TPSA) is 56.3 Å². The number of aromatic nitrogens is 2. The lowest BCUT2D eigenvalue weighted by Gasteiger charge is -2.09. The lowest BCUT2D eigenvalue weighted by atomic mass is 10.1. The maximum absolute atomic E-state index is 5.61. The van der Waals surface area contributed by atoms with Crippen molar-refractivity contribution in [2.75, 3.05) is 38.3 Å². The van der Waals surface area contributed by atoms with E-state index in [4.69, 9.17) is 9.47 Å². The molecule has 6 heteroatoms. The third kappa shape index (κ3) is 4.88. The van der Waals surface area contributed by atoms with Crippen molar-refractivity contribution in [1.29, 1.82) is 0 Å². The molecule has 1 aliphatic rings. The Hall–Kier alpha value is -0.720. The van der Waals surface area contributed by atoms with Gasteiger partial charge in [0.05, 0.1) is 17.7 Å². The van der Waals surface area contributed by atoms with Crippen LogP contribution in [0.2, 0.25) is 0 Å². The van der Waals surface area contributed by atoms with E-state index in [-0.39, 0.29) is 0 Å². The summed E-state index contributed by atoms with van der Waals surface area (Å²) in [6, 6.07) is 0. The highest BCUT2D eigenvalue weighted by atomic mass is 79.9. The lowest BCUT2D eigenvalue weighted by Crippen LogP contribution is -2.12. The van der Waals surface area contributed by atoms with E-state index >= 15 is 0 Å². The summed E-state index contributed by atoms with van der Waals surface area (Å²) >= 11 is 3.30. The summed E-state index contributed by atoms with van der Waals surface area (Å²) < 4.78 is 11.8. The van der Waals surface area contributed by atoms with Crippen LogP contribution in [0.3, 0.4) is 0 Å². The predicted molar refractivity (Wildman–Crippen MR) is 72.6 cm³/mol. The van der Waals surface area contributed by atoms with E-state index < -0.39 is 0 Å². The van der Waals surface area contributed by atoms with Crippen LogP contribution in [0.25, 0.3) is 0 Å². The molecule has 0 aromatic carbocycles. The average molecular weight is 316 g/mol. The minimum Gasteiger partial charge on any atom is -0.381 e. The van der Waals surface area contributed by atoms with Crippen molar-refractivity contribution in [2.45, 2.75) is 12.8 Å². The summed E-state index contributed by atoms with van der Waals surface area (Å²) in [5.74, 6) is 1.25. The van der Waals surface area contributed by atoms with Gasteiger partial charge < -0.3 is 14.8 Å². The number of anilines is 1. The molecule has 0 aliphatic carbocycles. The summed E-state index contributed by atoms with van der Waals surface area (Å²) in [4.78, 5) is 8.27. The van der Waals surface area contributed by atoms with Crippen molar-refractivity contribution in [3.63, 3.8) is 0 Å². The number of hydrogen-bond donors (Lipinski definition) is 1. The zero-order valence-corrected chi connectivity index (χ0v) is 11.9. The maximum Gasteiger partial charge on any atom is 0.222 e. The van der Waals surface area contributed by atoms with Crippen LogP contribution < -0.4 is 5.32 Å². The molecule has 1 saturated heterocycles. The van der Waals surface area contributed by atoms with Crippen LogP contribution >= 0.6 is 15.9 Å². The van der Waals surface area contributed by atoms with Crippen molar-refractivity contribution in [2.24, 2.45) is 5.92 Å². The molecule has 0 radical (unpaired) electrons. The number of nitrogens with one attached hydrogen (secondary N) is 1. The highest BCUT2D eigenvalue weighted by Gasteiger charge is 2.14. The first-order valence-electron chi connectivity index (χ1n) is 6.21. The Balaban J connectivity index is 1.49. The van der Waals surface area contributed by atoms with E-state index in [0.717, 1.165) is 50.3 Å². The van der Waals surface area contributed by atoms with Gasteiger partial charge in [-0.05, 0) is 28.8 Å². The summed E-state index contributed by atoms with van der Waals surface area (Å²) in [5.41, 5.74) is 0. The number of halogens is 1. The Morgan fingerprint density at radius 3 is 3.00 bits per heavy atom. The standard InChI is InChI=1S/C12H18BrN3O2/c13-11-6-15-12(16-7-11)14-3-1-4-17-8-10-2-5-18-9-10/h6-7,10H,1-5,8-9H2,(H,14,15,16)/t10-/m1/s1. The van der Waals surface area contributed by atoms with Gasteiger partial charge in [0, 0.05) is 38.1 Å². The van der Waals surface area contributed by atoms with E-state index in [9.17, 15) is 0 Å². The molecule has 0 bridgehead atoms. The first-order chi connectivity index (χ1) is 8.84. The fourth-order valence-electron chi connectivity index (χ4n) is 1.74. The molecule has 2 heterocycles. The molecule has 0 saturated carbocycles. The third-order valence-electron chi connectivity index (χ3n) is 2.75. The van der Waals surface area contributed by atoms with Gasteiger partial charge in [0.2, 0.25) is 5.95 Å². The predicted octanol–water partition coefficient (Wildman–Crippen LogP) is 2.09. The number of hydrogen-bond acceptors (Lipinski definition) is 5. The zero-order valence-electron chi connectivity index (χ0n) is 10.3. The van der Waals surface area contributed by atoms with Gasteiger partial charge in [0.15, 0.2) is 0 Å². The van der Waals surface area contributed by atoms with Crippen LogP contribution in [0.15, 0.2) is 16.9 Å². The SMILES string of the molecule is Brc1cnc(NCCCOC[C@H]2CCOC2)nc1. The van der Waals surface area contributed by atoms with Crippen LogP contribution in [-0.4, -0.2) is 42.9 Å². The van der Waals surface area contributed by atoms with Crippen LogP contribution in [0.5, 0.6) is 0 Å². The Labute approximate surface area is 115 Å². The fraction of sp³-hybridized carbons (Fsp3) is 0.667. The number of rotatable bonds is 7. The molecule has 0 unspecified atom stereocenters. The number of nitrogens with zero attached hydrogens (tertiary/aromatic N) is 2. The van der Waals surface area contributed by atoms with E-state index in [1.807, 2.05) is 0 Å². The van der Waals surface area contributed by atoms with Crippen LogP contribution in [0, 0.1) is 5.92 Å². The monoisotopic (exact) mass is 315 g/mol. The summed E-state index contributed by atoms with van der Waals surface area (Å²) in [6.45, 7) is 4.14. The van der Waals surface area contributed by atoms with Gasteiger partial charge in [-0.25, -0.2) is 9.97 Å². The van der Waals surface area contributed by atoms with E-state index in [0.29, 0.717) is 11.9 Å². The zero-order chi connectivity index (χ0) is 12.6. The Morgan fingerprint density at radius 1 is 1.44 bits per heavy atom. The molecule has 2 rings (SSSR count). The molecule has 100 valence electrons. The van der Waals surface area contributed by atoms with Gasteiger partial charge in [-0.15, -0.1) is 0 Å². The fourth-order valence-corrected chi connectivity index (χ4v) is 1.95. The molecule has 1 aromatic rings. The lowest BCUT2D eigenvalue weighted by molar-refractivity contribution is 0.0897. The quantitative estimate of drug-likeness (QED) is 0.781. The first-order valence-corrected chi connectivity index (χ1v) is 7.01. The molecule has 1 N–H and O–H groups in total. The molecule has 0 amide bonds. The molecule has 18 heavy (non-hydrogen) atoms. The molecular formula is C12H18BrN3O2. The highest BCUT2D eigenvalue weighted by Crippen LogP contribution is 2.12. The summed E-state index contributed by atoms with van der Waals surface area (Å²) in [7, 11) is 0. The van der Waals surface area contributed by atoms with E-state index in [1.165, 1.54) is 0 Å². The van der Waals surface area contributed by atoms with Crippen molar-refractivity contribution >= 4 is 21.9 Å². The second kappa shape index (κ2) is 7.66. The molecular weight excluding hydrogens is 298 g/mol. The van der Waals surface area contributed by atoms with E-state index in [1.54, 1.807) is 12.4 Å². The van der Waals surface area contributed by atoms with Crippen LogP contribution in [0.1, 0.15) is 12.8 Å². The van der Waals surface area contributed by atoms with Gasteiger partial charge in [-0.2, -0.15) is 0 Å². The maximum atomic E-state index is 5.61. The Morgan fingerprint density at radius 2 is 2.28 bits per heavy atom. The van der Waals surface area contributed by atoms with Crippen molar-refractivity contribution < 1.29 is 9.47 Å². The van der Waals surface area contributed by atoms with Crippen molar-refractivity contribution in [1.82, 2.24) is 9.97 Å². The number of ether oxygens (including phenoxy) is 2. The third-order valence-corrected chi connectivity index (χ3v) is 3.16. The normalized spacial score (nSPS) is 19.1. The average Bonchev–Trinajstić information content (AvgIpc) is 2.89. The second-order valence-electron chi connectivity index (χ2n) is 4.31. The summed E-state index contributed by atoms with van der Waals surface area (Å²) in [6.07, 6.45) is 5.54. The second-order valence-corrected chi connectivity index (χ2v) is 5.23. The minimum absolute atomic E-state index is 0.591. The smallest absolute Gasteiger partial charge is 0.222 e. The van der Waals surface area contributed by atoms with Gasteiger partial charge >= 0.3 is 0 Å². The van der Waals surface area contributed by atoms with Crippen LogP contribution in [0.4, 0.5) is 5.95 Å². The molecule has 1 fully saturated rings. The van der Waals surface area contributed by atoms with Gasteiger partial charge in [-0.3, -0.25) is 0 Å². The van der Waals surface area contributed by atoms with Crippen LogP contribution in [-0.2, 0) is 9.47 Å². The van der Waals surface area contributed by atoms with Gasteiger partial charge in [0.25, 0.3) is 0 Å².